The molecule has 2 heterocycles. The van der Waals surface area contributed by atoms with Gasteiger partial charge in [0.2, 0.25) is 5.91 Å². The molecule has 0 aliphatic rings. The predicted octanol–water partition coefficient (Wildman–Crippen LogP) is 3.17. The number of hydrogen-bond acceptors (Lipinski definition) is 7. The molecule has 0 radical (unpaired) electrons. The summed E-state index contributed by atoms with van der Waals surface area (Å²) in [6.07, 6.45) is 0. The molecular formula is C18H16N6OS. The van der Waals surface area contributed by atoms with Gasteiger partial charge in [-0.05, 0) is 30.7 Å². The molecule has 1 aromatic carbocycles. The van der Waals surface area contributed by atoms with Gasteiger partial charge in [-0.3, -0.25) is 4.79 Å². The van der Waals surface area contributed by atoms with Crippen molar-refractivity contribution in [2.45, 2.75) is 13.8 Å². The molecule has 0 atom stereocenters. The van der Waals surface area contributed by atoms with Crippen molar-refractivity contribution in [3.05, 3.63) is 41.6 Å². The highest BCUT2D eigenvalue weighted by atomic mass is 32.1. The van der Waals surface area contributed by atoms with E-state index in [1.54, 1.807) is 12.1 Å². The Morgan fingerprint density at radius 1 is 1.23 bits per heavy atom. The zero-order chi connectivity index (χ0) is 18.8. The summed E-state index contributed by atoms with van der Waals surface area (Å²) in [6.45, 7) is 3.29. The van der Waals surface area contributed by atoms with Crippen molar-refractivity contribution in [1.29, 1.82) is 5.26 Å². The lowest BCUT2D eigenvalue weighted by Gasteiger charge is -2.10. The monoisotopic (exact) mass is 364 g/mol. The van der Waals surface area contributed by atoms with E-state index in [-0.39, 0.29) is 11.7 Å². The third-order valence-corrected chi connectivity index (χ3v) is 4.73. The van der Waals surface area contributed by atoms with Gasteiger partial charge in [-0.2, -0.15) is 5.26 Å². The van der Waals surface area contributed by atoms with Crippen molar-refractivity contribution in [2.75, 3.05) is 16.8 Å². The van der Waals surface area contributed by atoms with E-state index in [0.717, 1.165) is 16.1 Å². The second-order valence-electron chi connectivity index (χ2n) is 5.65. The number of nitrogen functional groups attached to an aromatic ring is 2. The molecule has 0 bridgehead atoms. The van der Waals surface area contributed by atoms with E-state index in [1.165, 1.54) is 18.3 Å². The zero-order valence-electron chi connectivity index (χ0n) is 14.2. The molecule has 3 rings (SSSR count). The van der Waals surface area contributed by atoms with Crippen LogP contribution < -0.4 is 16.8 Å². The molecule has 0 spiro atoms. The maximum absolute atomic E-state index is 11.2. The summed E-state index contributed by atoms with van der Waals surface area (Å²) < 4.78 is 0. The SMILES string of the molecule is CC(=O)Nc1ccc(-c2cc(-c3sc(N)nc3C)nc(N)c2C#N)cc1. The predicted molar refractivity (Wildman–Crippen MR) is 103 cm³/mol. The third kappa shape index (κ3) is 3.34. The van der Waals surface area contributed by atoms with Crippen LogP contribution >= 0.6 is 11.3 Å². The van der Waals surface area contributed by atoms with Crippen LogP contribution in [0.4, 0.5) is 16.6 Å². The topological polar surface area (TPSA) is 131 Å². The van der Waals surface area contributed by atoms with E-state index in [2.05, 4.69) is 21.4 Å². The van der Waals surface area contributed by atoms with Crippen LogP contribution in [0.25, 0.3) is 21.7 Å². The first-order chi connectivity index (χ1) is 12.4. The Kier molecular flexibility index (Phi) is 4.56. The fourth-order valence-electron chi connectivity index (χ4n) is 2.62. The Morgan fingerprint density at radius 2 is 1.92 bits per heavy atom. The molecule has 0 saturated carbocycles. The molecule has 130 valence electrons. The number of amides is 1. The maximum atomic E-state index is 11.2. The molecule has 0 fully saturated rings. The van der Waals surface area contributed by atoms with Crippen LogP contribution in [0.15, 0.2) is 30.3 Å². The molecule has 0 unspecified atom stereocenters. The van der Waals surface area contributed by atoms with Gasteiger partial charge in [0.1, 0.15) is 17.5 Å². The van der Waals surface area contributed by atoms with Crippen LogP contribution in [0.2, 0.25) is 0 Å². The van der Waals surface area contributed by atoms with Crippen molar-refractivity contribution in [1.82, 2.24) is 9.97 Å². The molecule has 3 aromatic rings. The average Bonchev–Trinajstić information content (AvgIpc) is 2.92. The van der Waals surface area contributed by atoms with Gasteiger partial charge in [-0.1, -0.05) is 23.5 Å². The fourth-order valence-corrected chi connectivity index (χ4v) is 3.41. The molecule has 1 amide bonds. The van der Waals surface area contributed by atoms with E-state index < -0.39 is 0 Å². The average molecular weight is 364 g/mol. The minimum absolute atomic E-state index is 0.149. The first kappa shape index (κ1) is 17.4. The van der Waals surface area contributed by atoms with Gasteiger partial charge in [0.05, 0.1) is 16.3 Å². The summed E-state index contributed by atoms with van der Waals surface area (Å²) in [7, 11) is 0. The number of rotatable bonds is 3. The number of nitrogens with zero attached hydrogens (tertiary/aromatic N) is 3. The molecule has 5 N–H and O–H groups in total. The number of nitriles is 1. The summed E-state index contributed by atoms with van der Waals surface area (Å²) in [5.74, 6) is 0.00136. The Bertz CT molecular complexity index is 1030. The third-order valence-electron chi connectivity index (χ3n) is 3.72. The number of thiazole rings is 1. The van der Waals surface area contributed by atoms with Crippen LogP contribution in [-0.2, 0) is 4.79 Å². The van der Waals surface area contributed by atoms with Crippen molar-refractivity contribution >= 4 is 33.9 Å². The van der Waals surface area contributed by atoms with Gasteiger partial charge in [-0.25, -0.2) is 9.97 Å². The summed E-state index contributed by atoms with van der Waals surface area (Å²) >= 11 is 1.32. The van der Waals surface area contributed by atoms with E-state index >= 15 is 0 Å². The number of aryl methyl sites for hydroxylation is 1. The Morgan fingerprint density at radius 3 is 2.46 bits per heavy atom. The van der Waals surface area contributed by atoms with Gasteiger partial charge in [0.15, 0.2) is 5.13 Å². The Labute approximate surface area is 154 Å². The highest BCUT2D eigenvalue weighted by Crippen LogP contribution is 2.35. The molecule has 7 nitrogen and oxygen atoms in total. The highest BCUT2D eigenvalue weighted by Gasteiger charge is 2.16. The first-order valence-corrected chi connectivity index (χ1v) is 8.52. The van der Waals surface area contributed by atoms with Crippen molar-refractivity contribution in [3.8, 4) is 27.8 Å². The number of carbonyl (C=O) groups excluding carboxylic acids is 1. The number of benzene rings is 1. The van der Waals surface area contributed by atoms with Crippen LogP contribution in [0.3, 0.4) is 0 Å². The van der Waals surface area contributed by atoms with Gasteiger partial charge >= 0.3 is 0 Å². The molecule has 0 aliphatic heterocycles. The summed E-state index contributed by atoms with van der Waals surface area (Å²) in [5, 5.41) is 12.7. The van der Waals surface area contributed by atoms with Gasteiger partial charge in [-0.15, -0.1) is 0 Å². The number of aromatic nitrogens is 2. The standard InChI is InChI=1S/C18H16N6OS/c1-9-16(26-18(21)22-9)15-7-13(14(8-19)17(20)24-15)11-3-5-12(6-4-11)23-10(2)25/h3-7H,1-2H3,(H2,20,24)(H2,21,22)(H,23,25). The van der Waals surface area contributed by atoms with E-state index in [0.29, 0.717) is 27.6 Å². The van der Waals surface area contributed by atoms with Crippen molar-refractivity contribution < 1.29 is 4.79 Å². The summed E-state index contributed by atoms with van der Waals surface area (Å²) in [4.78, 5) is 20.5. The molecular weight excluding hydrogens is 348 g/mol. The minimum atomic E-state index is -0.149. The smallest absolute Gasteiger partial charge is 0.221 e. The Balaban J connectivity index is 2.12. The minimum Gasteiger partial charge on any atom is -0.383 e. The number of hydrogen-bond donors (Lipinski definition) is 3. The molecule has 0 saturated heterocycles. The quantitative estimate of drug-likeness (QED) is 0.654. The molecule has 8 heteroatoms. The van der Waals surface area contributed by atoms with Crippen molar-refractivity contribution in [2.24, 2.45) is 0 Å². The second kappa shape index (κ2) is 6.82. The molecule has 0 aliphatic carbocycles. The largest absolute Gasteiger partial charge is 0.383 e. The lowest BCUT2D eigenvalue weighted by atomic mass is 9.99. The van der Waals surface area contributed by atoms with Gasteiger partial charge in [0.25, 0.3) is 0 Å². The van der Waals surface area contributed by atoms with Crippen molar-refractivity contribution in [3.63, 3.8) is 0 Å². The van der Waals surface area contributed by atoms with E-state index in [1.807, 2.05) is 25.1 Å². The second-order valence-corrected chi connectivity index (χ2v) is 6.68. The fraction of sp³-hybridized carbons (Fsp3) is 0.111. The van der Waals surface area contributed by atoms with Crippen LogP contribution in [-0.4, -0.2) is 15.9 Å². The first-order valence-electron chi connectivity index (χ1n) is 7.71. The van der Waals surface area contributed by atoms with Crippen LogP contribution in [0.5, 0.6) is 0 Å². The highest BCUT2D eigenvalue weighted by molar-refractivity contribution is 7.18. The number of carbonyl (C=O) groups is 1. The lowest BCUT2D eigenvalue weighted by molar-refractivity contribution is -0.114. The number of nitrogens with two attached hydrogens (primary N) is 2. The molecule has 2 aromatic heterocycles. The van der Waals surface area contributed by atoms with E-state index in [9.17, 15) is 10.1 Å². The molecule has 26 heavy (non-hydrogen) atoms. The van der Waals surface area contributed by atoms with Gasteiger partial charge < -0.3 is 16.8 Å². The summed E-state index contributed by atoms with van der Waals surface area (Å²) in [5.41, 5.74) is 15.6. The normalized spacial score (nSPS) is 10.3. The number of pyridine rings is 1. The maximum Gasteiger partial charge on any atom is 0.221 e. The summed E-state index contributed by atoms with van der Waals surface area (Å²) in [6, 6.07) is 11.1. The zero-order valence-corrected chi connectivity index (χ0v) is 15.0. The van der Waals surface area contributed by atoms with E-state index in [4.69, 9.17) is 11.5 Å². The Hall–Kier alpha value is -3.44. The lowest BCUT2D eigenvalue weighted by Crippen LogP contribution is -2.05. The van der Waals surface area contributed by atoms with Gasteiger partial charge in [0, 0.05) is 18.2 Å². The van der Waals surface area contributed by atoms with Crippen LogP contribution in [0, 0.1) is 18.3 Å². The number of anilines is 3. The number of nitrogens with one attached hydrogen (secondary N) is 1. The van der Waals surface area contributed by atoms with Crippen LogP contribution in [0.1, 0.15) is 18.2 Å².